The lowest BCUT2D eigenvalue weighted by Gasteiger charge is -2.50. The summed E-state index contributed by atoms with van der Waals surface area (Å²) in [6.07, 6.45) is -2.92. The smallest absolute Gasteiger partial charge is 0.357 e. The number of benzene rings is 4. The highest BCUT2D eigenvalue weighted by atomic mass is 16.8. The van der Waals surface area contributed by atoms with Crippen molar-refractivity contribution in [3.63, 3.8) is 0 Å². The molecule has 2 aliphatic heterocycles. The third-order valence-electron chi connectivity index (χ3n) is 9.76. The molecule has 4 aromatic carbocycles. The molecule has 7 rings (SSSR count). The zero-order valence-corrected chi connectivity index (χ0v) is 30.0. The topological polar surface area (TPSA) is 317 Å². The van der Waals surface area contributed by atoms with Crippen LogP contribution in [0.2, 0.25) is 0 Å². The number of aliphatic hydroxyl groups excluding tert-OH is 2. The molecule has 2 unspecified atom stereocenters. The summed E-state index contributed by atoms with van der Waals surface area (Å²) in [6.45, 7) is 0. The number of phenolic OH excluding ortho intramolecular Hbond substituents is 6. The van der Waals surface area contributed by atoms with Crippen LogP contribution < -0.4 is 14.2 Å². The Morgan fingerprint density at radius 1 is 0.678 bits per heavy atom. The van der Waals surface area contributed by atoms with Gasteiger partial charge in [0.1, 0.15) is 35.0 Å². The predicted octanol–water partition coefficient (Wildman–Crippen LogP) is 2.03. The molecule has 1 aliphatic carbocycles. The van der Waals surface area contributed by atoms with E-state index in [1.807, 2.05) is 0 Å². The van der Waals surface area contributed by atoms with Crippen LogP contribution in [0.3, 0.4) is 0 Å². The molecule has 10 N–H and O–H groups in total. The maximum absolute atomic E-state index is 14.0. The van der Waals surface area contributed by atoms with Crippen molar-refractivity contribution in [2.24, 2.45) is 0 Å². The second-order valence-electron chi connectivity index (χ2n) is 13.7. The largest absolute Gasteiger partial charge is 0.508 e. The third kappa shape index (κ3) is 6.98. The van der Waals surface area contributed by atoms with Crippen molar-refractivity contribution in [1.29, 1.82) is 0 Å². The van der Waals surface area contributed by atoms with Gasteiger partial charge in [-0.3, -0.25) is 4.79 Å². The van der Waals surface area contributed by atoms with E-state index in [1.165, 1.54) is 24.3 Å². The quantitative estimate of drug-likeness (QED) is 0.0691. The molecular weight excluding hydrogens is 784 g/mol. The van der Waals surface area contributed by atoms with Crippen molar-refractivity contribution < 1.29 is 93.9 Å². The fraction of sp³-hybridized carbons (Fsp3) is 0.200. The number of Topliss-reactive ketones (excluding diaryl/α,β-unsaturated/α-hetero) is 1. The minimum absolute atomic E-state index is 0.145. The number of hydrogen-bond acceptors (Lipinski definition) is 18. The summed E-state index contributed by atoms with van der Waals surface area (Å²) < 4.78 is 28.4. The lowest BCUT2D eigenvalue weighted by molar-refractivity contribution is -0.316. The van der Waals surface area contributed by atoms with Crippen LogP contribution in [-0.2, 0) is 29.6 Å². The van der Waals surface area contributed by atoms with E-state index in [9.17, 15) is 70.2 Å². The van der Waals surface area contributed by atoms with Crippen LogP contribution in [0.1, 0.15) is 39.9 Å². The first-order valence-electron chi connectivity index (χ1n) is 17.3. The molecule has 3 aliphatic rings. The Bertz CT molecular complexity index is 2480. The molecule has 1 fully saturated rings. The van der Waals surface area contributed by atoms with E-state index in [0.717, 1.165) is 66.8 Å². The first kappa shape index (κ1) is 39.7. The van der Waals surface area contributed by atoms with Crippen LogP contribution in [0.25, 0.3) is 12.2 Å². The van der Waals surface area contributed by atoms with Crippen molar-refractivity contribution in [3.05, 3.63) is 101 Å². The zero-order chi connectivity index (χ0) is 42.6. The number of aliphatic carboxylic acids is 1. The fourth-order valence-corrected chi connectivity index (χ4v) is 6.83. The molecule has 0 saturated heterocycles. The van der Waals surface area contributed by atoms with Gasteiger partial charge in [0.15, 0.2) is 34.5 Å². The number of aromatic hydroxyl groups is 6. The maximum Gasteiger partial charge on any atom is 0.357 e. The Hall–Kier alpha value is -7.48. The number of phenols is 6. The number of carboxylic acids is 1. The van der Waals surface area contributed by atoms with E-state index in [4.69, 9.17) is 23.7 Å². The number of carbonyl (C=O) groups excluding carboxylic acids is 3. The molecule has 306 valence electrons. The second kappa shape index (κ2) is 14.5. The number of carbonyl (C=O) groups is 4. The highest BCUT2D eigenvalue weighted by molar-refractivity contribution is 6.08. The van der Waals surface area contributed by atoms with Gasteiger partial charge in [0, 0.05) is 42.7 Å². The van der Waals surface area contributed by atoms with Crippen LogP contribution in [0, 0.1) is 0 Å². The van der Waals surface area contributed by atoms with Crippen LogP contribution in [0.4, 0.5) is 0 Å². The van der Waals surface area contributed by atoms with Gasteiger partial charge in [-0.15, -0.1) is 0 Å². The minimum Gasteiger partial charge on any atom is -0.508 e. The number of carboxylic acid groups (broad SMARTS) is 1. The molecule has 0 radical (unpaired) electrons. The standard InChI is InChI=1S/C40H32O19/c41-21-14-26(46)34-30(15-21)58-40(20-5-7-23(43)25(45)13-20)39(54,36(34)51)56-29-12-19(2-8-28(29)57-40)3-9-32(48)55-31-17-38(37(52)53,16-27(47)35(31)50)59-33(49)10-4-18-1-6-22(42)24(44)11-18/h1-15,27,31,35,41-47,50,54H,16-17H2,(H,52,53)/t27-,31-,35+,38-,39?,40?/m1/s1. The van der Waals surface area contributed by atoms with Crippen LogP contribution in [0.5, 0.6) is 51.7 Å². The summed E-state index contributed by atoms with van der Waals surface area (Å²) in [7, 11) is 0. The number of hydrogen-bond donors (Lipinski definition) is 10. The number of aliphatic hydroxyl groups is 3. The highest BCUT2D eigenvalue weighted by Crippen LogP contribution is 2.55. The van der Waals surface area contributed by atoms with Gasteiger partial charge < -0.3 is 74.7 Å². The maximum atomic E-state index is 14.0. The van der Waals surface area contributed by atoms with Gasteiger partial charge in [-0.1, -0.05) is 12.1 Å². The zero-order valence-electron chi connectivity index (χ0n) is 30.0. The summed E-state index contributed by atoms with van der Waals surface area (Å²) in [4.78, 5) is 52.1. The number of ketones is 1. The third-order valence-corrected chi connectivity index (χ3v) is 9.76. The van der Waals surface area contributed by atoms with Crippen molar-refractivity contribution in [3.8, 4) is 51.7 Å². The van der Waals surface area contributed by atoms with Gasteiger partial charge in [0.25, 0.3) is 5.78 Å². The van der Waals surface area contributed by atoms with Crippen molar-refractivity contribution >= 4 is 35.8 Å². The van der Waals surface area contributed by atoms with Crippen LogP contribution in [0.15, 0.2) is 78.9 Å². The SMILES string of the molecule is O=C(C=Cc1ccc2c(c1)OC1(O)C(=O)c3c(O)cc(O)cc3OC1(c1ccc(O)c(O)c1)O2)O[C@@H]1C[C@@](OC(=O)C=Cc2ccc(O)c(O)c2)(C(=O)O)C[C@@H](O)[C@@H]1O. The molecule has 0 aromatic heterocycles. The van der Waals surface area contributed by atoms with Gasteiger partial charge in [-0.25, -0.2) is 14.4 Å². The van der Waals surface area contributed by atoms with Gasteiger partial charge >= 0.3 is 29.5 Å². The van der Waals surface area contributed by atoms with E-state index in [2.05, 4.69) is 0 Å². The molecule has 0 amide bonds. The first-order valence-corrected chi connectivity index (χ1v) is 17.3. The van der Waals surface area contributed by atoms with Crippen LogP contribution in [-0.4, -0.2) is 104 Å². The fourth-order valence-electron chi connectivity index (χ4n) is 6.83. The van der Waals surface area contributed by atoms with Crippen molar-refractivity contribution in [2.45, 2.75) is 48.3 Å². The average molecular weight is 817 g/mol. The van der Waals surface area contributed by atoms with E-state index >= 15 is 0 Å². The summed E-state index contributed by atoms with van der Waals surface area (Å²) in [5, 5.41) is 103. The number of esters is 2. The number of ether oxygens (including phenoxy) is 5. The summed E-state index contributed by atoms with van der Waals surface area (Å²) in [5.74, 6) is -15.6. The first-order chi connectivity index (χ1) is 27.8. The second-order valence-corrected chi connectivity index (χ2v) is 13.7. The van der Waals surface area contributed by atoms with Crippen LogP contribution >= 0.6 is 0 Å². The van der Waals surface area contributed by atoms with Gasteiger partial charge in [-0.2, -0.15) is 0 Å². The molecular formula is C40H32O19. The molecule has 0 bridgehead atoms. The Labute approximate surface area is 330 Å². The Morgan fingerprint density at radius 2 is 1.31 bits per heavy atom. The molecule has 19 nitrogen and oxygen atoms in total. The summed E-state index contributed by atoms with van der Waals surface area (Å²) in [6, 6.07) is 12.3. The molecule has 2 heterocycles. The normalized spacial score (nSPS) is 25.7. The molecule has 19 heteroatoms. The lowest BCUT2D eigenvalue weighted by Crippen LogP contribution is -2.70. The van der Waals surface area contributed by atoms with Crippen molar-refractivity contribution in [1.82, 2.24) is 0 Å². The van der Waals surface area contributed by atoms with E-state index in [-0.39, 0.29) is 28.2 Å². The molecule has 4 aromatic rings. The molecule has 1 saturated carbocycles. The highest BCUT2D eigenvalue weighted by Gasteiger charge is 2.71. The summed E-state index contributed by atoms with van der Waals surface area (Å²) >= 11 is 0. The predicted molar refractivity (Wildman–Crippen MR) is 194 cm³/mol. The van der Waals surface area contributed by atoms with Gasteiger partial charge in [-0.05, 0) is 65.7 Å². The van der Waals surface area contributed by atoms with E-state index in [1.54, 1.807) is 0 Å². The van der Waals surface area contributed by atoms with E-state index in [0.29, 0.717) is 0 Å². The molecule has 0 spiro atoms. The van der Waals surface area contributed by atoms with Gasteiger partial charge in [0.05, 0.1) is 6.10 Å². The molecule has 6 atom stereocenters. The van der Waals surface area contributed by atoms with Gasteiger partial charge in [0.2, 0.25) is 5.60 Å². The summed E-state index contributed by atoms with van der Waals surface area (Å²) in [5.41, 5.74) is -2.93. The number of fused-ring (bicyclic) bond motifs is 3. The number of rotatable bonds is 8. The molecule has 59 heavy (non-hydrogen) atoms. The minimum atomic E-state index is -3.16. The van der Waals surface area contributed by atoms with Crippen molar-refractivity contribution in [2.75, 3.05) is 0 Å². The Balaban J connectivity index is 1.11. The monoisotopic (exact) mass is 816 g/mol. The lowest BCUT2D eigenvalue weighted by atomic mass is 9.79. The van der Waals surface area contributed by atoms with E-state index < -0.39 is 118 Å². The Morgan fingerprint density at radius 3 is 1.98 bits per heavy atom. The average Bonchev–Trinajstić information content (AvgIpc) is 3.17. The Kier molecular flexibility index (Phi) is 9.75.